The van der Waals surface area contributed by atoms with Crippen LogP contribution in [0.4, 0.5) is 4.39 Å². The SMILES string of the molecule is COC(=O)C(c1ccccc1Cl)N1CCN(C(=O)c2ccc(F)cc2)CC1. The lowest BCUT2D eigenvalue weighted by atomic mass is 10.0. The molecule has 1 unspecified atom stereocenters. The van der Waals surface area contributed by atoms with Crippen molar-refractivity contribution in [1.29, 1.82) is 0 Å². The summed E-state index contributed by atoms with van der Waals surface area (Å²) in [6.07, 6.45) is 0. The Labute approximate surface area is 162 Å². The standard InChI is InChI=1S/C20H20ClFN2O3/c1-27-20(26)18(16-4-2-3-5-17(16)21)23-10-12-24(13-11-23)19(25)14-6-8-15(22)9-7-14/h2-9,18H,10-13H2,1H3. The highest BCUT2D eigenvalue weighted by Crippen LogP contribution is 2.29. The Bertz CT molecular complexity index is 820. The first-order chi connectivity index (χ1) is 13.0. The number of rotatable bonds is 4. The lowest BCUT2D eigenvalue weighted by Gasteiger charge is -2.38. The number of hydrogen-bond donors (Lipinski definition) is 0. The topological polar surface area (TPSA) is 49.9 Å². The molecule has 3 rings (SSSR count). The van der Waals surface area contributed by atoms with Crippen LogP contribution in [-0.2, 0) is 9.53 Å². The van der Waals surface area contributed by atoms with Crippen molar-refractivity contribution < 1.29 is 18.7 Å². The first kappa shape index (κ1) is 19.3. The molecule has 1 amide bonds. The maximum Gasteiger partial charge on any atom is 0.327 e. The van der Waals surface area contributed by atoms with Gasteiger partial charge in [0.2, 0.25) is 0 Å². The fourth-order valence-corrected chi connectivity index (χ4v) is 3.48. The van der Waals surface area contributed by atoms with Gasteiger partial charge >= 0.3 is 5.97 Å². The third kappa shape index (κ3) is 4.28. The average Bonchev–Trinajstić information content (AvgIpc) is 2.70. The first-order valence-corrected chi connectivity index (χ1v) is 9.00. The predicted octanol–water partition coefficient (Wildman–Crippen LogP) is 3.15. The number of methoxy groups -OCH3 is 1. The fraction of sp³-hybridized carbons (Fsp3) is 0.300. The van der Waals surface area contributed by atoms with Crippen LogP contribution in [0.1, 0.15) is 22.0 Å². The summed E-state index contributed by atoms with van der Waals surface area (Å²) in [5.41, 5.74) is 1.13. The third-order valence-electron chi connectivity index (χ3n) is 4.68. The summed E-state index contributed by atoms with van der Waals surface area (Å²) in [4.78, 5) is 28.6. The molecule has 5 nitrogen and oxygen atoms in total. The molecule has 1 aliphatic rings. The Balaban J connectivity index is 1.72. The van der Waals surface area contributed by atoms with E-state index in [1.807, 2.05) is 11.0 Å². The normalized spacial score (nSPS) is 16.0. The second-order valence-corrected chi connectivity index (χ2v) is 6.69. The highest BCUT2D eigenvalue weighted by molar-refractivity contribution is 6.31. The minimum absolute atomic E-state index is 0.151. The van der Waals surface area contributed by atoms with Crippen LogP contribution in [0.5, 0.6) is 0 Å². The minimum atomic E-state index is -0.619. The van der Waals surface area contributed by atoms with Crippen molar-refractivity contribution in [3.63, 3.8) is 0 Å². The van der Waals surface area contributed by atoms with Gasteiger partial charge in [-0.05, 0) is 35.9 Å². The number of amides is 1. The van der Waals surface area contributed by atoms with Gasteiger partial charge in [0.1, 0.15) is 11.9 Å². The van der Waals surface area contributed by atoms with Crippen molar-refractivity contribution in [2.45, 2.75) is 6.04 Å². The number of carbonyl (C=O) groups excluding carboxylic acids is 2. The summed E-state index contributed by atoms with van der Waals surface area (Å²) >= 11 is 6.28. The summed E-state index contributed by atoms with van der Waals surface area (Å²) in [6.45, 7) is 1.90. The summed E-state index contributed by atoms with van der Waals surface area (Å²) in [5, 5.41) is 0.498. The van der Waals surface area contributed by atoms with Crippen LogP contribution in [0.25, 0.3) is 0 Å². The number of benzene rings is 2. The number of nitrogens with zero attached hydrogens (tertiary/aromatic N) is 2. The van der Waals surface area contributed by atoms with E-state index in [-0.39, 0.29) is 17.7 Å². The Morgan fingerprint density at radius 2 is 1.67 bits per heavy atom. The Kier molecular flexibility index (Phi) is 6.08. The molecule has 1 aliphatic heterocycles. The van der Waals surface area contributed by atoms with Crippen molar-refractivity contribution in [2.75, 3.05) is 33.3 Å². The molecule has 1 saturated heterocycles. The van der Waals surface area contributed by atoms with Gasteiger partial charge in [-0.2, -0.15) is 0 Å². The molecule has 0 N–H and O–H groups in total. The largest absolute Gasteiger partial charge is 0.468 e. The van der Waals surface area contributed by atoms with Gasteiger partial charge in [0, 0.05) is 36.8 Å². The van der Waals surface area contributed by atoms with Gasteiger partial charge in [-0.1, -0.05) is 29.8 Å². The highest BCUT2D eigenvalue weighted by atomic mass is 35.5. The van der Waals surface area contributed by atoms with Gasteiger partial charge in [0.15, 0.2) is 0 Å². The number of piperazine rings is 1. The summed E-state index contributed by atoms with van der Waals surface area (Å²) < 4.78 is 18.0. The smallest absolute Gasteiger partial charge is 0.327 e. The second kappa shape index (κ2) is 8.50. The summed E-state index contributed by atoms with van der Waals surface area (Å²) in [5.74, 6) is -0.916. The van der Waals surface area contributed by atoms with Crippen molar-refractivity contribution in [3.05, 3.63) is 70.5 Å². The molecule has 7 heteroatoms. The van der Waals surface area contributed by atoms with Crippen LogP contribution in [0, 0.1) is 5.82 Å². The second-order valence-electron chi connectivity index (χ2n) is 6.28. The molecule has 0 saturated carbocycles. The minimum Gasteiger partial charge on any atom is -0.468 e. The molecular formula is C20H20ClFN2O3. The zero-order valence-corrected chi connectivity index (χ0v) is 15.7. The Hall–Kier alpha value is -2.44. The van der Waals surface area contributed by atoms with Gasteiger partial charge in [0.05, 0.1) is 7.11 Å². The molecule has 142 valence electrons. The zero-order valence-electron chi connectivity index (χ0n) is 14.9. The molecule has 1 atom stereocenters. The van der Waals surface area contributed by atoms with E-state index >= 15 is 0 Å². The number of esters is 1. The van der Waals surface area contributed by atoms with E-state index in [9.17, 15) is 14.0 Å². The average molecular weight is 391 g/mol. The lowest BCUT2D eigenvalue weighted by Crippen LogP contribution is -2.51. The van der Waals surface area contributed by atoms with Crippen molar-refractivity contribution in [1.82, 2.24) is 9.80 Å². The van der Waals surface area contributed by atoms with Gasteiger partial charge in [0.25, 0.3) is 5.91 Å². The molecule has 27 heavy (non-hydrogen) atoms. The molecule has 2 aromatic rings. The predicted molar refractivity (Wildman–Crippen MR) is 100 cm³/mol. The van der Waals surface area contributed by atoms with E-state index in [1.54, 1.807) is 23.1 Å². The van der Waals surface area contributed by atoms with Gasteiger partial charge < -0.3 is 9.64 Å². The molecule has 0 aliphatic carbocycles. The molecule has 0 radical (unpaired) electrons. The molecule has 1 fully saturated rings. The Morgan fingerprint density at radius 3 is 2.26 bits per heavy atom. The first-order valence-electron chi connectivity index (χ1n) is 8.62. The molecular weight excluding hydrogens is 371 g/mol. The molecule has 0 bridgehead atoms. The lowest BCUT2D eigenvalue weighted by molar-refractivity contribution is -0.148. The van der Waals surface area contributed by atoms with Crippen molar-refractivity contribution in [2.24, 2.45) is 0 Å². The van der Waals surface area contributed by atoms with E-state index in [1.165, 1.54) is 31.4 Å². The quantitative estimate of drug-likeness (QED) is 0.752. The van der Waals surface area contributed by atoms with Crippen molar-refractivity contribution in [3.8, 4) is 0 Å². The van der Waals surface area contributed by atoms with Crippen LogP contribution in [0.3, 0.4) is 0 Å². The Morgan fingerprint density at radius 1 is 1.04 bits per heavy atom. The van der Waals surface area contributed by atoms with Crippen molar-refractivity contribution >= 4 is 23.5 Å². The fourth-order valence-electron chi connectivity index (χ4n) is 3.24. The van der Waals surface area contributed by atoms with E-state index in [0.717, 1.165) is 0 Å². The van der Waals surface area contributed by atoms with E-state index in [0.29, 0.717) is 42.3 Å². The van der Waals surface area contributed by atoms with Crippen LogP contribution in [-0.4, -0.2) is 55.0 Å². The van der Waals surface area contributed by atoms with E-state index < -0.39 is 6.04 Å². The summed E-state index contributed by atoms with van der Waals surface area (Å²) in [7, 11) is 1.35. The third-order valence-corrected chi connectivity index (χ3v) is 5.03. The van der Waals surface area contributed by atoms with Crippen LogP contribution >= 0.6 is 11.6 Å². The molecule has 1 heterocycles. The summed E-state index contributed by atoms with van der Waals surface area (Å²) in [6, 6.07) is 12.1. The monoisotopic (exact) mass is 390 g/mol. The zero-order chi connectivity index (χ0) is 19.4. The van der Waals surface area contributed by atoms with Crippen LogP contribution in [0.2, 0.25) is 5.02 Å². The number of carbonyl (C=O) groups is 2. The number of ether oxygens (including phenoxy) is 1. The number of halogens is 2. The molecule has 2 aromatic carbocycles. The van der Waals surface area contributed by atoms with Gasteiger partial charge in [-0.15, -0.1) is 0 Å². The molecule has 0 aromatic heterocycles. The highest BCUT2D eigenvalue weighted by Gasteiger charge is 2.33. The maximum atomic E-state index is 13.0. The van der Waals surface area contributed by atoms with E-state index in [2.05, 4.69) is 0 Å². The van der Waals surface area contributed by atoms with Crippen LogP contribution < -0.4 is 0 Å². The van der Waals surface area contributed by atoms with Gasteiger partial charge in [-0.3, -0.25) is 9.69 Å². The van der Waals surface area contributed by atoms with Gasteiger partial charge in [-0.25, -0.2) is 9.18 Å². The maximum absolute atomic E-state index is 13.0. The number of hydrogen-bond acceptors (Lipinski definition) is 4. The van der Waals surface area contributed by atoms with Crippen LogP contribution in [0.15, 0.2) is 48.5 Å². The molecule has 0 spiro atoms. The van der Waals surface area contributed by atoms with E-state index in [4.69, 9.17) is 16.3 Å².